The van der Waals surface area contributed by atoms with Gasteiger partial charge in [-0.05, 0) is 46.9 Å². The number of nitriles is 1. The number of nitrogens with zero attached hydrogens (tertiary/aromatic N) is 2. The minimum Gasteiger partial charge on any atom is -0.481 e. The molecule has 0 saturated carbocycles. The first-order valence-corrected chi connectivity index (χ1v) is 9.93. The molecule has 7 nitrogen and oxygen atoms in total. The fraction of sp³-hybridized carbons (Fsp3) is 0.391. The number of halogens is 1. The van der Waals surface area contributed by atoms with Crippen molar-refractivity contribution in [2.75, 3.05) is 19.5 Å². The molecule has 0 aliphatic carbocycles. The van der Waals surface area contributed by atoms with Gasteiger partial charge in [0.1, 0.15) is 11.9 Å². The highest BCUT2D eigenvalue weighted by molar-refractivity contribution is 5.58. The highest BCUT2D eigenvalue weighted by Gasteiger charge is 2.14. The van der Waals surface area contributed by atoms with Gasteiger partial charge in [0, 0.05) is 47.5 Å². The van der Waals surface area contributed by atoms with Crippen molar-refractivity contribution in [3.8, 4) is 11.9 Å². The van der Waals surface area contributed by atoms with Gasteiger partial charge >= 0.3 is 0 Å². The largest absolute Gasteiger partial charge is 0.481 e. The predicted octanol–water partition coefficient (Wildman–Crippen LogP) is 3.88. The Morgan fingerprint density at radius 2 is 1.90 bits per heavy atom. The van der Waals surface area contributed by atoms with Crippen molar-refractivity contribution < 1.29 is 9.13 Å². The van der Waals surface area contributed by atoms with Crippen molar-refractivity contribution in [1.82, 2.24) is 20.9 Å². The first-order valence-electron chi connectivity index (χ1n) is 9.93. The fourth-order valence-electron chi connectivity index (χ4n) is 2.72. The predicted molar refractivity (Wildman–Crippen MR) is 124 cm³/mol. The smallest absolute Gasteiger partial charge is 0.215 e. The third-order valence-corrected chi connectivity index (χ3v) is 4.46. The lowest BCUT2D eigenvalue weighted by Crippen LogP contribution is -2.42. The molecule has 1 aromatic rings. The summed E-state index contributed by atoms with van der Waals surface area (Å²) in [5.74, 6) is -0.125. The van der Waals surface area contributed by atoms with Crippen LogP contribution in [-0.2, 0) is 6.54 Å². The van der Waals surface area contributed by atoms with Gasteiger partial charge in [0.25, 0.3) is 0 Å². The molecule has 1 unspecified atom stereocenters. The number of allylic oxidation sites excluding steroid dienone is 5. The van der Waals surface area contributed by atoms with Gasteiger partial charge in [-0.1, -0.05) is 13.2 Å². The van der Waals surface area contributed by atoms with Crippen LogP contribution in [0.3, 0.4) is 0 Å². The van der Waals surface area contributed by atoms with Crippen molar-refractivity contribution >= 4 is 5.69 Å². The van der Waals surface area contributed by atoms with E-state index < -0.39 is 5.83 Å². The van der Waals surface area contributed by atoms with Gasteiger partial charge in [-0.3, -0.25) is 0 Å². The molecule has 0 saturated heterocycles. The minimum atomic E-state index is -0.544. The summed E-state index contributed by atoms with van der Waals surface area (Å²) in [5, 5.41) is 21.9. The lowest BCUT2D eigenvalue weighted by molar-refractivity contribution is 0.396. The molecule has 0 aromatic carbocycles. The van der Waals surface area contributed by atoms with Gasteiger partial charge in [0.05, 0.1) is 18.4 Å². The van der Waals surface area contributed by atoms with Crippen LogP contribution in [0, 0.1) is 11.3 Å². The Kier molecular flexibility index (Phi) is 10.3. The van der Waals surface area contributed by atoms with Gasteiger partial charge in [-0.25, -0.2) is 9.37 Å². The molecule has 0 aliphatic heterocycles. The third-order valence-electron chi connectivity index (χ3n) is 4.46. The second-order valence-electron chi connectivity index (χ2n) is 7.31. The molecule has 1 aromatic heterocycles. The molecule has 31 heavy (non-hydrogen) atoms. The average Bonchev–Trinajstić information content (AvgIpc) is 2.70. The van der Waals surface area contributed by atoms with Crippen LogP contribution in [-0.4, -0.2) is 31.2 Å². The van der Waals surface area contributed by atoms with Crippen molar-refractivity contribution in [2.45, 2.75) is 46.3 Å². The summed E-state index contributed by atoms with van der Waals surface area (Å²) in [6, 6.07) is 5.46. The van der Waals surface area contributed by atoms with Gasteiger partial charge in [0.15, 0.2) is 0 Å². The lowest BCUT2D eigenvalue weighted by atomic mass is 10.1. The molecule has 0 spiro atoms. The Hall–Kier alpha value is -3.31. The monoisotopic (exact) mass is 428 g/mol. The first-order chi connectivity index (χ1) is 14.6. The number of anilines is 1. The zero-order chi connectivity index (χ0) is 23.6. The number of ether oxygens (including phenoxy) is 1. The third kappa shape index (κ3) is 8.52. The second-order valence-corrected chi connectivity index (χ2v) is 7.31. The molecule has 4 N–H and O–H groups in total. The Morgan fingerprint density at radius 3 is 2.45 bits per heavy atom. The summed E-state index contributed by atoms with van der Waals surface area (Å²) >= 11 is 0. The zero-order valence-corrected chi connectivity index (χ0v) is 19.2. The fourth-order valence-corrected chi connectivity index (χ4v) is 2.72. The standard InChI is InChI=1S/C23H33FN6O/c1-14(2)27-15(3)16(4)28-18(6)22(24)9-19(12-25)17(5)29-20-10-21(13-26-7)30-23(11-20)31-8/h9-11,15-16,26-28H,1,5,13H2,2-4,6-8H3,(H,29,30)/b19-9-,22-18-/t15-,16?/m0/s1. The molecule has 168 valence electrons. The highest BCUT2D eigenvalue weighted by Crippen LogP contribution is 2.21. The molecule has 0 fully saturated rings. The van der Waals surface area contributed by atoms with E-state index in [2.05, 4.69) is 39.4 Å². The zero-order valence-electron chi connectivity index (χ0n) is 19.2. The van der Waals surface area contributed by atoms with Crippen LogP contribution in [0.4, 0.5) is 10.1 Å². The summed E-state index contributed by atoms with van der Waals surface area (Å²) in [7, 11) is 3.33. The molecule has 0 bridgehead atoms. The van der Waals surface area contributed by atoms with Crippen molar-refractivity contribution in [3.05, 3.63) is 65.6 Å². The maximum Gasteiger partial charge on any atom is 0.215 e. The second kappa shape index (κ2) is 12.4. The minimum absolute atomic E-state index is 0.0461. The SMILES string of the molecule is C=C(C)N[C@@H](C)C(C)N/C(C)=C(F)/C=C(/C#N)C(=C)Nc1cc(CNC)nc(OC)c1. The van der Waals surface area contributed by atoms with Gasteiger partial charge in [0.2, 0.25) is 5.88 Å². The molecule has 8 heteroatoms. The van der Waals surface area contributed by atoms with E-state index in [1.165, 1.54) is 7.11 Å². The van der Waals surface area contributed by atoms with E-state index in [1.807, 2.05) is 33.9 Å². The Morgan fingerprint density at radius 1 is 1.26 bits per heavy atom. The highest BCUT2D eigenvalue weighted by atomic mass is 19.1. The van der Waals surface area contributed by atoms with Gasteiger partial charge < -0.3 is 26.0 Å². The maximum atomic E-state index is 14.7. The summed E-state index contributed by atoms with van der Waals surface area (Å²) in [6.45, 7) is 15.6. The van der Waals surface area contributed by atoms with Gasteiger partial charge in [-0.2, -0.15) is 5.26 Å². The van der Waals surface area contributed by atoms with Crippen LogP contribution < -0.4 is 26.0 Å². The van der Waals surface area contributed by atoms with Crippen molar-refractivity contribution in [3.63, 3.8) is 0 Å². The van der Waals surface area contributed by atoms with Gasteiger partial charge in [-0.15, -0.1) is 0 Å². The maximum absolute atomic E-state index is 14.7. The van der Waals surface area contributed by atoms with Crippen molar-refractivity contribution in [1.29, 1.82) is 5.26 Å². The van der Waals surface area contributed by atoms with Crippen LogP contribution in [0.2, 0.25) is 0 Å². The molecular formula is C23H33FN6O. The first kappa shape index (κ1) is 25.7. The summed E-state index contributed by atoms with van der Waals surface area (Å²) in [4.78, 5) is 4.32. The number of nitrogens with one attached hydrogen (secondary N) is 4. The number of rotatable bonds is 12. The summed E-state index contributed by atoms with van der Waals surface area (Å²) < 4.78 is 20.0. The topological polar surface area (TPSA) is 94.0 Å². The number of aromatic nitrogens is 1. The number of pyridine rings is 1. The van der Waals surface area contributed by atoms with Crippen LogP contribution >= 0.6 is 0 Å². The Labute approximate surface area is 184 Å². The number of hydrogen-bond donors (Lipinski definition) is 4. The van der Waals surface area contributed by atoms with Crippen LogP contribution in [0.1, 0.15) is 33.4 Å². The number of hydrogen-bond acceptors (Lipinski definition) is 7. The average molecular weight is 429 g/mol. The Bertz CT molecular complexity index is 900. The Balaban J connectivity index is 3.00. The molecule has 0 radical (unpaired) electrons. The van der Waals surface area contributed by atoms with E-state index in [0.717, 1.165) is 17.5 Å². The molecular weight excluding hydrogens is 395 g/mol. The lowest BCUT2D eigenvalue weighted by Gasteiger charge is -2.24. The van der Waals surface area contributed by atoms with Crippen molar-refractivity contribution in [2.24, 2.45) is 0 Å². The van der Waals surface area contributed by atoms with E-state index in [1.54, 1.807) is 19.1 Å². The normalized spacial score (nSPS) is 13.9. The molecule has 2 atom stereocenters. The number of methoxy groups -OCH3 is 1. The summed E-state index contributed by atoms with van der Waals surface area (Å²) in [6.07, 6.45) is 1.16. The molecule has 0 aliphatic rings. The van der Waals surface area contributed by atoms with Crippen LogP contribution in [0.15, 0.2) is 59.9 Å². The molecule has 0 amide bonds. The van der Waals surface area contributed by atoms with E-state index in [4.69, 9.17) is 4.74 Å². The molecule has 1 heterocycles. The van der Waals surface area contributed by atoms with E-state index in [9.17, 15) is 9.65 Å². The van der Waals surface area contributed by atoms with E-state index in [-0.39, 0.29) is 23.4 Å². The molecule has 1 rings (SSSR count). The van der Waals surface area contributed by atoms with Crippen LogP contribution in [0.25, 0.3) is 0 Å². The van der Waals surface area contributed by atoms with E-state index >= 15 is 0 Å². The summed E-state index contributed by atoms with van der Waals surface area (Å²) in [5.41, 5.74) is 2.88. The van der Waals surface area contributed by atoms with Crippen LogP contribution in [0.5, 0.6) is 5.88 Å². The van der Waals surface area contributed by atoms with E-state index in [0.29, 0.717) is 23.8 Å². The quantitative estimate of drug-likeness (QED) is 0.296.